The normalized spacial score (nSPS) is 24.4. The number of aromatic hydroxyl groups is 2. The van der Waals surface area contributed by atoms with Gasteiger partial charge in [-0.05, 0) is 74.1 Å². The molecule has 39 heavy (non-hydrogen) atoms. The number of Topliss-reactive ketones (excluding diaryl/α,β-unsaturated/α-hetero) is 2. The number of aliphatic hydroxyl groups is 1. The molecule has 1 aliphatic heterocycles. The lowest BCUT2D eigenvalue weighted by atomic mass is 9.67. The van der Waals surface area contributed by atoms with Crippen LogP contribution in [0.4, 0.5) is 4.39 Å². The van der Waals surface area contributed by atoms with E-state index in [9.17, 15) is 29.3 Å². The average Bonchev–Trinajstić information content (AvgIpc) is 2.93. The Balaban J connectivity index is 1.63. The van der Waals surface area contributed by atoms with Gasteiger partial charge in [0, 0.05) is 48.0 Å². The van der Waals surface area contributed by atoms with Crippen molar-refractivity contribution in [2.75, 3.05) is 13.1 Å². The van der Waals surface area contributed by atoms with Crippen LogP contribution in [0, 0.1) is 24.6 Å². The maximum Gasteiger partial charge on any atom is 0.167 e. The van der Waals surface area contributed by atoms with Crippen LogP contribution in [-0.2, 0) is 0 Å². The highest BCUT2D eigenvalue weighted by molar-refractivity contribution is 6.02. The summed E-state index contributed by atoms with van der Waals surface area (Å²) in [6, 6.07) is 17.3. The Bertz CT molecular complexity index is 1300. The lowest BCUT2D eigenvalue weighted by molar-refractivity contribution is 0.0230. The smallest absolute Gasteiger partial charge is 0.167 e. The van der Waals surface area contributed by atoms with Gasteiger partial charge < -0.3 is 15.3 Å². The predicted octanol–water partition coefficient (Wildman–Crippen LogP) is 5.25. The second kappa shape index (κ2) is 11.3. The fraction of sp³-hybridized carbons (Fsp3) is 0.375. The minimum atomic E-state index is -0.681. The Kier molecular flexibility index (Phi) is 7.82. The zero-order valence-electron chi connectivity index (χ0n) is 22.0. The highest BCUT2D eigenvalue weighted by atomic mass is 19.1. The fourth-order valence-corrected chi connectivity index (χ4v) is 6.47. The summed E-state index contributed by atoms with van der Waals surface area (Å²) < 4.78 is 14.9. The van der Waals surface area contributed by atoms with Crippen LogP contribution in [0.2, 0.25) is 0 Å². The lowest BCUT2D eigenvalue weighted by Gasteiger charge is -2.47. The Morgan fingerprint density at radius 2 is 1.31 bits per heavy atom. The van der Waals surface area contributed by atoms with Gasteiger partial charge in [0.2, 0.25) is 0 Å². The summed E-state index contributed by atoms with van der Waals surface area (Å²) in [6.07, 6.45) is 2.48. The van der Waals surface area contributed by atoms with Gasteiger partial charge >= 0.3 is 0 Å². The van der Waals surface area contributed by atoms with E-state index in [0.29, 0.717) is 48.2 Å². The first-order valence-electron chi connectivity index (χ1n) is 13.6. The number of rotatable bonds is 6. The highest BCUT2D eigenvalue weighted by Gasteiger charge is 2.47. The van der Waals surface area contributed by atoms with E-state index in [1.54, 1.807) is 43.3 Å². The molecule has 1 saturated heterocycles. The largest absolute Gasteiger partial charge is 0.508 e. The lowest BCUT2D eigenvalue weighted by Crippen LogP contribution is -2.54. The first kappa shape index (κ1) is 27.0. The summed E-state index contributed by atoms with van der Waals surface area (Å²) in [5.74, 6) is -2.86. The van der Waals surface area contributed by atoms with Gasteiger partial charge in [0.25, 0.3) is 0 Å². The van der Waals surface area contributed by atoms with Gasteiger partial charge in [0.05, 0.1) is 6.10 Å². The van der Waals surface area contributed by atoms with Crippen molar-refractivity contribution in [1.82, 2.24) is 4.90 Å². The molecule has 204 valence electrons. The van der Waals surface area contributed by atoms with Gasteiger partial charge in [-0.2, -0.15) is 0 Å². The molecule has 0 radical (unpaired) electrons. The monoisotopic (exact) mass is 531 g/mol. The number of hydrogen-bond donors (Lipinski definition) is 3. The zero-order chi connectivity index (χ0) is 27.7. The van der Waals surface area contributed by atoms with Gasteiger partial charge in [-0.1, -0.05) is 36.4 Å². The molecule has 3 aromatic rings. The molecule has 0 unspecified atom stereocenters. The molecule has 3 aromatic carbocycles. The Labute approximate surface area is 227 Å². The molecule has 0 spiro atoms. The van der Waals surface area contributed by atoms with Gasteiger partial charge in [0.1, 0.15) is 17.3 Å². The molecule has 0 bridgehead atoms. The topological polar surface area (TPSA) is 98.1 Å². The second-order valence-corrected chi connectivity index (χ2v) is 10.9. The summed E-state index contributed by atoms with van der Waals surface area (Å²) >= 11 is 0. The van der Waals surface area contributed by atoms with Crippen molar-refractivity contribution >= 4 is 11.6 Å². The molecule has 1 saturated carbocycles. The van der Waals surface area contributed by atoms with E-state index in [1.807, 2.05) is 0 Å². The third-order valence-corrected chi connectivity index (χ3v) is 8.52. The van der Waals surface area contributed by atoms with E-state index >= 15 is 0 Å². The molecule has 0 amide bonds. The van der Waals surface area contributed by atoms with Crippen LogP contribution < -0.4 is 0 Å². The third kappa shape index (κ3) is 5.60. The van der Waals surface area contributed by atoms with Gasteiger partial charge in [-0.3, -0.25) is 14.5 Å². The molecule has 7 heteroatoms. The van der Waals surface area contributed by atoms with Crippen LogP contribution in [0.5, 0.6) is 11.5 Å². The molecule has 2 atom stereocenters. The maximum atomic E-state index is 14.9. The molecular weight excluding hydrogens is 497 g/mol. The molecule has 3 N–H and O–H groups in total. The van der Waals surface area contributed by atoms with Crippen molar-refractivity contribution in [2.24, 2.45) is 11.8 Å². The number of phenols is 2. The van der Waals surface area contributed by atoms with Crippen molar-refractivity contribution in [1.29, 1.82) is 0 Å². The number of piperidine rings is 1. The number of carbonyl (C=O) groups is 2. The highest BCUT2D eigenvalue weighted by Crippen LogP contribution is 2.44. The number of carbonyl (C=O) groups excluding carboxylic acids is 2. The molecular formula is C32H34FNO5. The van der Waals surface area contributed by atoms with Gasteiger partial charge in [-0.25, -0.2) is 4.39 Å². The Morgan fingerprint density at radius 3 is 1.82 bits per heavy atom. The van der Waals surface area contributed by atoms with Crippen molar-refractivity contribution in [2.45, 2.75) is 50.7 Å². The Hall–Kier alpha value is -3.55. The number of benzene rings is 3. The van der Waals surface area contributed by atoms with E-state index in [-0.39, 0.29) is 35.2 Å². The van der Waals surface area contributed by atoms with E-state index < -0.39 is 23.6 Å². The minimum Gasteiger partial charge on any atom is -0.508 e. The molecule has 2 fully saturated rings. The third-order valence-electron chi connectivity index (χ3n) is 8.52. The number of aliphatic hydroxyl groups excluding tert-OH is 1. The van der Waals surface area contributed by atoms with Crippen LogP contribution in [-0.4, -0.2) is 57.0 Å². The zero-order valence-corrected chi connectivity index (χ0v) is 22.0. The molecule has 5 rings (SSSR count). The number of halogens is 1. The summed E-state index contributed by atoms with van der Waals surface area (Å²) in [4.78, 5) is 30.5. The standard InChI is InChI=1S/C32H34FNO5/c1-19-26(9-4-10-29(19)33)30-27(31(38)20-5-2-7-24(36)15-20)17-34(22-11-13-23(35)14-12-22)18-28(30)32(39)21-6-3-8-25(37)16-21/h2-10,15-16,22-23,27-28,30,35-37H,11-14,17-18H2,1H3/t22?,23?,27-,28-/m0/s1. The number of likely N-dealkylation sites (tertiary alicyclic amines) is 1. The molecule has 0 aromatic heterocycles. The van der Waals surface area contributed by atoms with Crippen LogP contribution in [0.1, 0.15) is 63.4 Å². The number of ketones is 2. The first-order valence-corrected chi connectivity index (χ1v) is 13.6. The molecule has 1 heterocycles. The van der Waals surface area contributed by atoms with Crippen LogP contribution >= 0.6 is 0 Å². The van der Waals surface area contributed by atoms with Crippen molar-refractivity contribution < 1.29 is 29.3 Å². The van der Waals surface area contributed by atoms with Gasteiger partial charge in [-0.15, -0.1) is 0 Å². The van der Waals surface area contributed by atoms with E-state index in [2.05, 4.69) is 4.90 Å². The molecule has 6 nitrogen and oxygen atoms in total. The quantitative estimate of drug-likeness (QED) is 0.376. The fourth-order valence-electron chi connectivity index (χ4n) is 6.47. The summed E-state index contributed by atoms with van der Waals surface area (Å²) in [5, 5.41) is 30.3. The van der Waals surface area contributed by atoms with E-state index in [0.717, 1.165) is 12.8 Å². The van der Waals surface area contributed by atoms with Gasteiger partial charge in [0.15, 0.2) is 11.6 Å². The number of hydrogen-bond acceptors (Lipinski definition) is 6. The second-order valence-electron chi connectivity index (χ2n) is 10.9. The maximum absolute atomic E-state index is 14.9. The number of nitrogens with zero attached hydrogens (tertiary/aromatic N) is 1. The average molecular weight is 532 g/mol. The summed E-state index contributed by atoms with van der Waals surface area (Å²) in [6.45, 7) is 2.42. The Morgan fingerprint density at radius 1 is 0.795 bits per heavy atom. The first-order chi connectivity index (χ1) is 18.7. The van der Waals surface area contributed by atoms with Crippen molar-refractivity contribution in [3.05, 3.63) is 94.8 Å². The number of phenolic OH excluding ortho intramolecular Hbond substituents is 2. The van der Waals surface area contributed by atoms with Crippen LogP contribution in [0.15, 0.2) is 66.7 Å². The van der Waals surface area contributed by atoms with Crippen LogP contribution in [0.3, 0.4) is 0 Å². The van der Waals surface area contributed by atoms with Crippen molar-refractivity contribution in [3.63, 3.8) is 0 Å². The molecule has 1 aliphatic carbocycles. The van der Waals surface area contributed by atoms with Crippen molar-refractivity contribution in [3.8, 4) is 11.5 Å². The van der Waals surface area contributed by atoms with E-state index in [4.69, 9.17) is 0 Å². The van der Waals surface area contributed by atoms with E-state index in [1.165, 1.54) is 30.3 Å². The minimum absolute atomic E-state index is 0.0272. The summed E-state index contributed by atoms with van der Waals surface area (Å²) in [7, 11) is 0. The molecule has 2 aliphatic rings. The predicted molar refractivity (Wildman–Crippen MR) is 146 cm³/mol. The summed E-state index contributed by atoms with van der Waals surface area (Å²) in [5.41, 5.74) is 1.69. The SMILES string of the molecule is Cc1c(F)cccc1C1[C@@H](C(=O)c2cccc(O)c2)CN(C2CCC(O)CC2)C[C@@H]1C(=O)c1cccc(O)c1. The van der Waals surface area contributed by atoms with Crippen LogP contribution in [0.25, 0.3) is 0 Å².